The molecule has 3 nitrogen and oxygen atoms in total. The molecule has 3 rings (SSSR count). The van der Waals surface area contributed by atoms with Gasteiger partial charge >= 0.3 is 0 Å². The molecule has 0 aromatic rings. The SMILES string of the molecule is C1CC2(CCN1)NCC1CNCC12. The smallest absolute Gasteiger partial charge is 0.0249 e. The first-order chi connectivity index (χ1) is 6.41. The van der Waals surface area contributed by atoms with Crippen molar-refractivity contribution in [3.63, 3.8) is 0 Å². The Bertz CT molecular complexity index is 193. The van der Waals surface area contributed by atoms with E-state index in [4.69, 9.17) is 0 Å². The molecule has 0 bridgehead atoms. The van der Waals surface area contributed by atoms with E-state index in [0.717, 1.165) is 11.8 Å². The molecular weight excluding hydrogens is 162 g/mol. The molecule has 0 saturated carbocycles. The average Bonchev–Trinajstić information content (AvgIpc) is 2.73. The summed E-state index contributed by atoms with van der Waals surface area (Å²) in [5, 5.41) is 10.8. The maximum absolute atomic E-state index is 3.79. The van der Waals surface area contributed by atoms with E-state index in [-0.39, 0.29) is 0 Å². The van der Waals surface area contributed by atoms with Gasteiger partial charge in [-0.05, 0) is 44.3 Å². The monoisotopic (exact) mass is 181 g/mol. The van der Waals surface area contributed by atoms with Crippen LogP contribution in [-0.4, -0.2) is 38.3 Å². The highest BCUT2D eigenvalue weighted by molar-refractivity contribution is 5.08. The minimum atomic E-state index is 0.499. The molecule has 1 spiro atoms. The van der Waals surface area contributed by atoms with Gasteiger partial charge in [0.1, 0.15) is 0 Å². The Morgan fingerprint density at radius 1 is 0.923 bits per heavy atom. The molecule has 3 heterocycles. The van der Waals surface area contributed by atoms with Crippen LogP contribution in [0.1, 0.15) is 12.8 Å². The lowest BCUT2D eigenvalue weighted by atomic mass is 9.76. The second-order valence-corrected chi connectivity index (χ2v) is 4.81. The zero-order valence-corrected chi connectivity index (χ0v) is 8.10. The van der Waals surface area contributed by atoms with Gasteiger partial charge < -0.3 is 16.0 Å². The molecule has 3 aliphatic rings. The Morgan fingerprint density at radius 3 is 2.62 bits per heavy atom. The van der Waals surface area contributed by atoms with Gasteiger partial charge in [0.15, 0.2) is 0 Å². The van der Waals surface area contributed by atoms with E-state index < -0.39 is 0 Å². The fraction of sp³-hybridized carbons (Fsp3) is 1.00. The summed E-state index contributed by atoms with van der Waals surface area (Å²) in [4.78, 5) is 0. The molecule has 13 heavy (non-hydrogen) atoms. The van der Waals surface area contributed by atoms with E-state index in [1.54, 1.807) is 0 Å². The Kier molecular flexibility index (Phi) is 1.86. The second-order valence-electron chi connectivity index (χ2n) is 4.81. The molecule has 3 N–H and O–H groups in total. The van der Waals surface area contributed by atoms with Crippen molar-refractivity contribution in [1.82, 2.24) is 16.0 Å². The number of hydrogen-bond acceptors (Lipinski definition) is 3. The fourth-order valence-electron chi connectivity index (χ4n) is 3.48. The highest BCUT2D eigenvalue weighted by atomic mass is 15.1. The van der Waals surface area contributed by atoms with Crippen molar-refractivity contribution in [2.45, 2.75) is 18.4 Å². The molecule has 0 aliphatic carbocycles. The van der Waals surface area contributed by atoms with Gasteiger partial charge in [-0.15, -0.1) is 0 Å². The molecule has 0 amide bonds. The van der Waals surface area contributed by atoms with Crippen LogP contribution in [0.3, 0.4) is 0 Å². The molecule has 3 saturated heterocycles. The van der Waals surface area contributed by atoms with Crippen molar-refractivity contribution < 1.29 is 0 Å². The lowest BCUT2D eigenvalue weighted by Crippen LogP contribution is -2.53. The maximum atomic E-state index is 3.79. The Morgan fingerprint density at radius 2 is 1.77 bits per heavy atom. The molecular formula is C10H19N3. The van der Waals surface area contributed by atoms with Gasteiger partial charge in [-0.25, -0.2) is 0 Å². The summed E-state index contributed by atoms with van der Waals surface area (Å²) in [6.45, 7) is 6.15. The Balaban J connectivity index is 1.81. The number of fused-ring (bicyclic) bond motifs is 2. The minimum absolute atomic E-state index is 0.499. The first-order valence-corrected chi connectivity index (χ1v) is 5.57. The van der Waals surface area contributed by atoms with Gasteiger partial charge in [0.05, 0.1) is 0 Å². The quantitative estimate of drug-likeness (QED) is 0.473. The lowest BCUT2D eigenvalue weighted by molar-refractivity contribution is 0.207. The van der Waals surface area contributed by atoms with Crippen molar-refractivity contribution in [3.8, 4) is 0 Å². The molecule has 74 valence electrons. The third-order valence-corrected chi connectivity index (χ3v) is 4.26. The third kappa shape index (κ3) is 1.14. The van der Waals surface area contributed by atoms with Gasteiger partial charge in [0, 0.05) is 18.6 Å². The predicted octanol–water partition coefficient (Wildman–Crippen LogP) is -0.453. The van der Waals surface area contributed by atoms with Crippen LogP contribution in [0.25, 0.3) is 0 Å². The highest BCUT2D eigenvalue weighted by Crippen LogP contribution is 2.39. The molecule has 3 aliphatic heterocycles. The van der Waals surface area contributed by atoms with E-state index in [0.29, 0.717) is 5.54 Å². The lowest BCUT2D eigenvalue weighted by Gasteiger charge is -2.39. The second kappa shape index (κ2) is 2.94. The maximum Gasteiger partial charge on any atom is 0.0249 e. The fourth-order valence-corrected chi connectivity index (χ4v) is 3.48. The van der Waals surface area contributed by atoms with Crippen molar-refractivity contribution in [2.24, 2.45) is 11.8 Å². The third-order valence-electron chi connectivity index (χ3n) is 4.26. The first-order valence-electron chi connectivity index (χ1n) is 5.57. The van der Waals surface area contributed by atoms with Crippen LogP contribution in [0.4, 0.5) is 0 Å². The number of piperidine rings is 1. The summed E-state index contributed by atoms with van der Waals surface area (Å²) in [5.41, 5.74) is 0.499. The standard InChI is InChI=1S/C10H19N3/c1-3-11-4-2-10(1)9-7-12-5-8(9)6-13-10/h8-9,11-13H,1-7H2. The highest BCUT2D eigenvalue weighted by Gasteiger charge is 2.49. The minimum Gasteiger partial charge on any atom is -0.317 e. The van der Waals surface area contributed by atoms with Crippen LogP contribution in [-0.2, 0) is 0 Å². The zero-order chi connectivity index (χ0) is 8.73. The molecule has 3 heteroatoms. The van der Waals surface area contributed by atoms with Gasteiger partial charge in [-0.2, -0.15) is 0 Å². The number of rotatable bonds is 0. The van der Waals surface area contributed by atoms with Crippen molar-refractivity contribution >= 4 is 0 Å². The van der Waals surface area contributed by atoms with E-state index >= 15 is 0 Å². The molecule has 0 aromatic carbocycles. The summed E-state index contributed by atoms with van der Waals surface area (Å²) < 4.78 is 0. The van der Waals surface area contributed by atoms with E-state index in [9.17, 15) is 0 Å². The molecule has 2 atom stereocenters. The van der Waals surface area contributed by atoms with Gasteiger partial charge in [-0.1, -0.05) is 0 Å². The predicted molar refractivity (Wildman–Crippen MR) is 52.7 cm³/mol. The molecule has 0 radical (unpaired) electrons. The van der Waals surface area contributed by atoms with Crippen molar-refractivity contribution in [1.29, 1.82) is 0 Å². The van der Waals surface area contributed by atoms with Gasteiger partial charge in [-0.3, -0.25) is 0 Å². The Hall–Kier alpha value is -0.120. The van der Waals surface area contributed by atoms with Gasteiger partial charge in [0.2, 0.25) is 0 Å². The summed E-state index contributed by atoms with van der Waals surface area (Å²) >= 11 is 0. The largest absolute Gasteiger partial charge is 0.317 e. The number of nitrogens with one attached hydrogen (secondary N) is 3. The van der Waals surface area contributed by atoms with Crippen LogP contribution in [0.5, 0.6) is 0 Å². The molecule has 3 fully saturated rings. The molecule has 2 unspecified atom stereocenters. The van der Waals surface area contributed by atoms with Crippen LogP contribution in [0.2, 0.25) is 0 Å². The van der Waals surface area contributed by atoms with E-state index in [2.05, 4.69) is 16.0 Å². The topological polar surface area (TPSA) is 36.1 Å². The Labute approximate surface area is 79.7 Å². The van der Waals surface area contributed by atoms with Crippen molar-refractivity contribution in [3.05, 3.63) is 0 Å². The van der Waals surface area contributed by atoms with Crippen LogP contribution in [0.15, 0.2) is 0 Å². The van der Waals surface area contributed by atoms with Gasteiger partial charge in [0.25, 0.3) is 0 Å². The summed E-state index contributed by atoms with van der Waals surface area (Å²) in [7, 11) is 0. The normalized spacial score (nSPS) is 42.5. The molecule has 0 aromatic heterocycles. The van der Waals surface area contributed by atoms with Crippen LogP contribution in [0, 0.1) is 11.8 Å². The zero-order valence-electron chi connectivity index (χ0n) is 8.10. The summed E-state index contributed by atoms with van der Waals surface area (Å²) in [6.07, 6.45) is 2.66. The van der Waals surface area contributed by atoms with Crippen LogP contribution >= 0.6 is 0 Å². The van der Waals surface area contributed by atoms with E-state index in [1.807, 2.05) is 0 Å². The summed E-state index contributed by atoms with van der Waals surface area (Å²) in [5.74, 6) is 1.83. The average molecular weight is 181 g/mol. The van der Waals surface area contributed by atoms with Crippen LogP contribution < -0.4 is 16.0 Å². The number of hydrogen-bond donors (Lipinski definition) is 3. The van der Waals surface area contributed by atoms with Crippen molar-refractivity contribution in [2.75, 3.05) is 32.7 Å². The van der Waals surface area contributed by atoms with E-state index in [1.165, 1.54) is 45.6 Å². The first kappa shape index (κ1) is 8.21. The summed E-state index contributed by atoms with van der Waals surface area (Å²) in [6, 6.07) is 0.